The smallest absolute Gasteiger partial charge is 0.265 e. The Morgan fingerprint density at radius 2 is 1.67 bits per heavy atom. The van der Waals surface area contributed by atoms with E-state index < -0.39 is 6.04 Å². The number of hydrogen-bond acceptors (Lipinski definition) is 7. The molecule has 3 fully saturated rings. The van der Waals surface area contributed by atoms with E-state index in [1.807, 2.05) is 31.2 Å². The van der Waals surface area contributed by atoms with Crippen LogP contribution in [-0.4, -0.2) is 78.7 Å². The number of nitrogens with one attached hydrogen (secondary N) is 3. The lowest BCUT2D eigenvalue weighted by Crippen LogP contribution is -2.52. The molecule has 0 spiro atoms. The van der Waals surface area contributed by atoms with Gasteiger partial charge in [0, 0.05) is 61.5 Å². The minimum Gasteiger partial charge on any atom is -0.371 e. The minimum atomic E-state index is -0.589. The molecule has 10 nitrogen and oxygen atoms in total. The molecule has 0 saturated carbocycles. The summed E-state index contributed by atoms with van der Waals surface area (Å²) >= 11 is 0. The van der Waals surface area contributed by atoms with E-state index in [1.54, 1.807) is 4.90 Å². The SMILES string of the molecule is CCNNC(=O)c1ccc(C2CCN(CC3CCN(c4cccc5c4CN(C4CCC(=O)NC4=O)C5=O)CC3)CC2)cc1. The molecule has 2 aromatic rings. The van der Waals surface area contributed by atoms with Crippen molar-refractivity contribution >= 4 is 29.3 Å². The molecule has 1 unspecified atom stereocenters. The highest BCUT2D eigenvalue weighted by Gasteiger charge is 2.40. The third-order valence-electron chi connectivity index (χ3n) is 9.64. The zero-order valence-corrected chi connectivity index (χ0v) is 24.9. The van der Waals surface area contributed by atoms with Crippen LogP contribution in [0.15, 0.2) is 42.5 Å². The van der Waals surface area contributed by atoms with Gasteiger partial charge >= 0.3 is 0 Å². The molecule has 4 amide bonds. The maximum Gasteiger partial charge on any atom is 0.265 e. The molecule has 228 valence electrons. The minimum absolute atomic E-state index is 0.103. The summed E-state index contributed by atoms with van der Waals surface area (Å²) in [4.78, 5) is 56.2. The third-order valence-corrected chi connectivity index (χ3v) is 9.64. The summed E-state index contributed by atoms with van der Waals surface area (Å²) < 4.78 is 0. The van der Waals surface area contributed by atoms with Crippen molar-refractivity contribution in [1.82, 2.24) is 26.0 Å². The highest BCUT2D eigenvalue weighted by molar-refractivity contribution is 6.06. The maximum absolute atomic E-state index is 13.2. The first kappa shape index (κ1) is 29.3. The van der Waals surface area contributed by atoms with Crippen molar-refractivity contribution in [2.45, 2.75) is 64.0 Å². The van der Waals surface area contributed by atoms with E-state index in [-0.39, 0.29) is 30.0 Å². The number of carbonyl (C=O) groups excluding carboxylic acids is 4. The average Bonchev–Trinajstić information content (AvgIpc) is 3.36. The molecule has 0 aromatic heterocycles. The molecule has 10 heteroatoms. The van der Waals surface area contributed by atoms with Gasteiger partial charge in [0.25, 0.3) is 11.8 Å². The summed E-state index contributed by atoms with van der Waals surface area (Å²) in [7, 11) is 0. The van der Waals surface area contributed by atoms with E-state index in [9.17, 15) is 19.2 Å². The van der Waals surface area contributed by atoms with E-state index in [0.29, 0.717) is 42.5 Å². The van der Waals surface area contributed by atoms with Crippen molar-refractivity contribution in [3.05, 3.63) is 64.7 Å². The Hall–Kier alpha value is -3.76. The van der Waals surface area contributed by atoms with Gasteiger partial charge in [0.1, 0.15) is 6.04 Å². The Labute approximate surface area is 253 Å². The lowest BCUT2D eigenvalue weighted by atomic mass is 9.88. The fourth-order valence-electron chi connectivity index (χ4n) is 7.18. The van der Waals surface area contributed by atoms with Crippen LogP contribution in [0.5, 0.6) is 0 Å². The van der Waals surface area contributed by atoms with Crippen LogP contribution < -0.4 is 21.1 Å². The quantitative estimate of drug-likeness (QED) is 0.322. The Bertz CT molecular complexity index is 1360. The normalized spacial score (nSPS) is 22.1. The first-order valence-corrected chi connectivity index (χ1v) is 15.8. The highest BCUT2D eigenvalue weighted by atomic mass is 16.2. The standard InChI is InChI=1S/C33H42N6O4/c1-2-34-36-31(41)25-8-6-23(7-9-25)24-14-16-37(17-15-24)20-22-12-18-38(19-13-22)28-5-3-4-26-27(28)21-39(33(26)43)29-10-11-30(40)35-32(29)42/h3-9,22,24,29,34H,2,10-21H2,1H3,(H,36,41)(H,35,40,42). The van der Waals surface area contributed by atoms with E-state index in [1.165, 1.54) is 5.56 Å². The molecule has 3 saturated heterocycles. The summed E-state index contributed by atoms with van der Waals surface area (Å²) in [5.74, 6) is 0.332. The Kier molecular flexibility index (Phi) is 8.76. The molecule has 0 bridgehead atoms. The van der Waals surface area contributed by atoms with Crippen molar-refractivity contribution in [3.63, 3.8) is 0 Å². The van der Waals surface area contributed by atoms with Crippen molar-refractivity contribution in [1.29, 1.82) is 0 Å². The highest BCUT2D eigenvalue weighted by Crippen LogP contribution is 2.36. The van der Waals surface area contributed by atoms with Crippen LogP contribution >= 0.6 is 0 Å². The molecule has 43 heavy (non-hydrogen) atoms. The van der Waals surface area contributed by atoms with Crippen LogP contribution in [0.25, 0.3) is 0 Å². The van der Waals surface area contributed by atoms with Crippen LogP contribution in [0.3, 0.4) is 0 Å². The van der Waals surface area contributed by atoms with Crippen LogP contribution in [0.1, 0.15) is 83.2 Å². The van der Waals surface area contributed by atoms with E-state index in [2.05, 4.69) is 44.2 Å². The van der Waals surface area contributed by atoms with E-state index in [4.69, 9.17) is 0 Å². The van der Waals surface area contributed by atoms with Gasteiger partial charge in [-0.2, -0.15) is 0 Å². The molecule has 6 rings (SSSR count). The molecule has 2 aromatic carbocycles. The molecule has 1 atom stereocenters. The molecular weight excluding hydrogens is 544 g/mol. The van der Waals surface area contributed by atoms with Gasteiger partial charge in [-0.05, 0) is 86.9 Å². The number of imide groups is 1. The number of amides is 4. The lowest BCUT2D eigenvalue weighted by molar-refractivity contribution is -0.136. The summed E-state index contributed by atoms with van der Waals surface area (Å²) in [6, 6.07) is 13.4. The lowest BCUT2D eigenvalue weighted by Gasteiger charge is -2.39. The maximum atomic E-state index is 13.2. The van der Waals surface area contributed by atoms with Gasteiger partial charge in [0.05, 0.1) is 0 Å². The second-order valence-electron chi connectivity index (χ2n) is 12.3. The van der Waals surface area contributed by atoms with Gasteiger partial charge in [-0.25, -0.2) is 5.43 Å². The molecule has 0 aliphatic carbocycles. The molecule has 3 N–H and O–H groups in total. The summed E-state index contributed by atoms with van der Waals surface area (Å²) in [5, 5.41) is 2.39. The predicted octanol–water partition coefficient (Wildman–Crippen LogP) is 2.80. The van der Waals surface area contributed by atoms with Crippen molar-refractivity contribution in [2.24, 2.45) is 5.92 Å². The van der Waals surface area contributed by atoms with Gasteiger partial charge in [-0.1, -0.05) is 25.1 Å². The Balaban J connectivity index is 0.986. The van der Waals surface area contributed by atoms with Crippen LogP contribution in [0, 0.1) is 5.92 Å². The molecule has 4 aliphatic heterocycles. The van der Waals surface area contributed by atoms with Crippen molar-refractivity contribution in [2.75, 3.05) is 44.2 Å². The number of likely N-dealkylation sites (tertiary alicyclic amines) is 1. The first-order chi connectivity index (χ1) is 20.9. The van der Waals surface area contributed by atoms with Gasteiger partial charge in [-0.15, -0.1) is 0 Å². The van der Waals surface area contributed by atoms with Crippen LogP contribution in [0.2, 0.25) is 0 Å². The number of anilines is 1. The second-order valence-corrected chi connectivity index (χ2v) is 12.3. The van der Waals surface area contributed by atoms with Crippen molar-refractivity contribution in [3.8, 4) is 0 Å². The zero-order chi connectivity index (χ0) is 29.9. The second kappa shape index (κ2) is 12.9. The number of rotatable bonds is 8. The Morgan fingerprint density at radius 3 is 2.37 bits per heavy atom. The Morgan fingerprint density at radius 1 is 0.930 bits per heavy atom. The zero-order valence-electron chi connectivity index (χ0n) is 24.9. The van der Waals surface area contributed by atoms with E-state index >= 15 is 0 Å². The molecular formula is C33H42N6O4. The number of carbonyl (C=O) groups is 4. The molecule has 4 heterocycles. The van der Waals surface area contributed by atoms with Crippen molar-refractivity contribution < 1.29 is 19.2 Å². The van der Waals surface area contributed by atoms with Crippen LogP contribution in [-0.2, 0) is 16.1 Å². The average molecular weight is 587 g/mol. The van der Waals surface area contributed by atoms with Gasteiger partial charge in [0.2, 0.25) is 11.8 Å². The summed E-state index contributed by atoms with van der Waals surface area (Å²) in [6.45, 7) is 8.27. The largest absolute Gasteiger partial charge is 0.371 e. The number of hydrazine groups is 1. The van der Waals surface area contributed by atoms with Crippen LogP contribution in [0.4, 0.5) is 5.69 Å². The molecule has 0 radical (unpaired) electrons. The van der Waals surface area contributed by atoms with Gasteiger partial charge in [0.15, 0.2) is 0 Å². The number of piperidine rings is 3. The first-order valence-electron chi connectivity index (χ1n) is 15.8. The third kappa shape index (κ3) is 6.31. The fourth-order valence-corrected chi connectivity index (χ4v) is 7.18. The van der Waals surface area contributed by atoms with E-state index in [0.717, 1.165) is 69.7 Å². The predicted molar refractivity (Wildman–Crippen MR) is 163 cm³/mol. The number of nitrogens with zero attached hydrogens (tertiary/aromatic N) is 3. The number of hydrogen-bond donors (Lipinski definition) is 3. The number of fused-ring (bicyclic) bond motifs is 1. The molecule has 4 aliphatic rings. The fraction of sp³-hybridized carbons (Fsp3) is 0.515. The topological polar surface area (TPSA) is 114 Å². The van der Waals surface area contributed by atoms with Gasteiger partial charge in [-0.3, -0.25) is 29.9 Å². The monoisotopic (exact) mass is 586 g/mol. The summed E-state index contributed by atoms with van der Waals surface area (Å²) in [5.41, 5.74) is 10.3. The number of benzene rings is 2. The van der Waals surface area contributed by atoms with Gasteiger partial charge < -0.3 is 14.7 Å². The summed E-state index contributed by atoms with van der Waals surface area (Å²) in [6.07, 6.45) is 5.14.